The zero-order valence-corrected chi connectivity index (χ0v) is 11.1. The third kappa shape index (κ3) is 2.59. The van der Waals surface area contributed by atoms with Gasteiger partial charge in [0.15, 0.2) is 0 Å². The second-order valence-corrected chi connectivity index (χ2v) is 5.17. The lowest BCUT2D eigenvalue weighted by molar-refractivity contribution is -0.144. The largest absolute Gasteiger partial charge is 0.469 e. The molecule has 1 heterocycles. The predicted molar refractivity (Wildman–Crippen MR) is 74.3 cm³/mol. The van der Waals surface area contributed by atoms with Gasteiger partial charge in [-0.2, -0.15) is 0 Å². The van der Waals surface area contributed by atoms with E-state index < -0.39 is 0 Å². The first-order chi connectivity index (χ1) is 8.67. The average molecular weight is 245 g/mol. The van der Waals surface area contributed by atoms with Crippen molar-refractivity contribution < 1.29 is 9.53 Å². The zero-order valence-electron chi connectivity index (χ0n) is 11.1. The summed E-state index contributed by atoms with van der Waals surface area (Å²) in [5.74, 6) is -0.387. The van der Waals surface area contributed by atoms with Crippen LogP contribution in [0.25, 0.3) is 0 Å². The summed E-state index contributed by atoms with van der Waals surface area (Å²) in [6.45, 7) is 0.969. The maximum absolute atomic E-state index is 12.2. The number of ether oxygens (including phenoxy) is 1. The quantitative estimate of drug-likeness (QED) is 0.639. The van der Waals surface area contributed by atoms with E-state index in [1.54, 1.807) is 0 Å². The van der Waals surface area contributed by atoms with E-state index in [1.165, 1.54) is 13.5 Å². The highest BCUT2D eigenvalue weighted by Gasteiger charge is 2.41. The van der Waals surface area contributed by atoms with Crippen LogP contribution < -0.4 is 5.32 Å². The van der Waals surface area contributed by atoms with E-state index in [9.17, 15) is 4.79 Å². The molecular formula is C14H20BNO2. The molecule has 2 unspecified atom stereocenters. The van der Waals surface area contributed by atoms with Crippen LogP contribution in [0, 0.1) is 0 Å². The second-order valence-electron chi connectivity index (χ2n) is 5.17. The summed E-state index contributed by atoms with van der Waals surface area (Å²) in [6, 6.07) is 9.91. The molecular weight excluding hydrogens is 225 g/mol. The molecule has 1 aliphatic heterocycles. The fourth-order valence-corrected chi connectivity index (χ4v) is 2.85. The first-order valence-electron chi connectivity index (χ1n) is 6.55. The summed E-state index contributed by atoms with van der Waals surface area (Å²) in [5.41, 5.74) is 0.827. The van der Waals surface area contributed by atoms with Crippen LogP contribution in [0.3, 0.4) is 0 Å². The molecule has 0 amide bonds. The van der Waals surface area contributed by atoms with Crippen LogP contribution in [0.1, 0.15) is 30.7 Å². The third-order valence-electron chi connectivity index (χ3n) is 3.86. The standard InChI is InChI=1S/C14H20BNO2/c1-18-13(17)12(11-7-3-2-4-8-11)14(15)9-5-6-10-16-14/h2-4,7-8,12,16H,5-6,9-10,15H2,1H3. The van der Waals surface area contributed by atoms with E-state index in [0.717, 1.165) is 24.9 Å². The van der Waals surface area contributed by atoms with Crippen molar-refractivity contribution in [2.45, 2.75) is 30.6 Å². The van der Waals surface area contributed by atoms with Crippen LogP contribution in [-0.4, -0.2) is 32.9 Å². The van der Waals surface area contributed by atoms with Gasteiger partial charge in [-0.15, -0.1) is 0 Å². The number of benzene rings is 1. The molecule has 1 saturated heterocycles. The first kappa shape index (κ1) is 13.2. The van der Waals surface area contributed by atoms with Crippen molar-refractivity contribution in [1.82, 2.24) is 5.32 Å². The number of rotatable bonds is 3. The fraction of sp³-hybridized carbons (Fsp3) is 0.500. The van der Waals surface area contributed by atoms with Crippen molar-refractivity contribution in [3.8, 4) is 0 Å². The molecule has 96 valence electrons. The molecule has 1 fully saturated rings. The van der Waals surface area contributed by atoms with E-state index >= 15 is 0 Å². The molecule has 1 N–H and O–H groups in total. The highest BCUT2D eigenvalue weighted by Crippen LogP contribution is 2.33. The van der Waals surface area contributed by atoms with Gasteiger partial charge in [0.2, 0.25) is 0 Å². The molecule has 4 heteroatoms. The first-order valence-corrected chi connectivity index (χ1v) is 6.55. The molecule has 0 radical (unpaired) electrons. The molecule has 2 atom stereocenters. The van der Waals surface area contributed by atoms with Gasteiger partial charge in [-0.05, 0) is 24.9 Å². The van der Waals surface area contributed by atoms with E-state index in [4.69, 9.17) is 4.74 Å². The lowest BCUT2D eigenvalue weighted by atomic mass is 9.62. The molecule has 3 nitrogen and oxygen atoms in total. The van der Waals surface area contributed by atoms with Crippen molar-refractivity contribution in [2.24, 2.45) is 0 Å². The van der Waals surface area contributed by atoms with Crippen LogP contribution in [-0.2, 0) is 9.53 Å². The molecule has 0 saturated carbocycles. The Morgan fingerprint density at radius 2 is 2.11 bits per heavy atom. The molecule has 0 spiro atoms. The smallest absolute Gasteiger partial charge is 0.314 e. The van der Waals surface area contributed by atoms with Crippen molar-refractivity contribution >= 4 is 13.8 Å². The molecule has 18 heavy (non-hydrogen) atoms. The Labute approximate surface area is 109 Å². The normalized spacial score (nSPS) is 25.4. The van der Waals surface area contributed by atoms with Gasteiger partial charge in [0, 0.05) is 5.44 Å². The molecule has 2 rings (SSSR count). The summed E-state index contributed by atoms with van der Waals surface area (Å²) < 4.78 is 5.01. The number of carbonyl (C=O) groups excluding carboxylic acids is 1. The van der Waals surface area contributed by atoms with Crippen molar-refractivity contribution in [3.05, 3.63) is 35.9 Å². The minimum atomic E-state index is -0.232. The molecule has 0 aliphatic carbocycles. The highest BCUT2D eigenvalue weighted by molar-refractivity contribution is 6.18. The van der Waals surface area contributed by atoms with E-state index in [1.807, 2.05) is 30.3 Å². The van der Waals surface area contributed by atoms with E-state index in [2.05, 4.69) is 13.2 Å². The van der Waals surface area contributed by atoms with Gasteiger partial charge in [-0.1, -0.05) is 36.8 Å². The summed E-state index contributed by atoms with van der Waals surface area (Å²) in [4.78, 5) is 12.2. The number of carbonyl (C=O) groups is 1. The van der Waals surface area contributed by atoms with Crippen LogP contribution >= 0.6 is 0 Å². The summed E-state index contributed by atoms with van der Waals surface area (Å²) >= 11 is 0. The predicted octanol–water partition coefficient (Wildman–Crippen LogP) is 1.05. The minimum Gasteiger partial charge on any atom is -0.469 e. The highest BCUT2D eigenvalue weighted by atomic mass is 16.5. The lowest BCUT2D eigenvalue weighted by Crippen LogP contribution is -2.55. The van der Waals surface area contributed by atoms with Crippen LogP contribution in [0.5, 0.6) is 0 Å². The number of hydrogen-bond acceptors (Lipinski definition) is 3. The monoisotopic (exact) mass is 245 g/mol. The number of hydrogen-bond donors (Lipinski definition) is 1. The maximum Gasteiger partial charge on any atom is 0.314 e. The number of nitrogens with one attached hydrogen (secondary N) is 1. The van der Waals surface area contributed by atoms with Gasteiger partial charge >= 0.3 is 5.97 Å². The third-order valence-corrected chi connectivity index (χ3v) is 3.86. The van der Waals surface area contributed by atoms with Gasteiger partial charge in [-0.3, -0.25) is 4.79 Å². The number of esters is 1. The molecule has 0 aromatic heterocycles. The molecule has 1 aromatic rings. The molecule has 1 aliphatic rings. The molecule has 1 aromatic carbocycles. The Balaban J connectivity index is 2.33. The van der Waals surface area contributed by atoms with Crippen molar-refractivity contribution in [1.29, 1.82) is 0 Å². The maximum atomic E-state index is 12.2. The average Bonchev–Trinajstić information content (AvgIpc) is 2.40. The van der Waals surface area contributed by atoms with Crippen LogP contribution in [0.2, 0.25) is 0 Å². The Bertz CT molecular complexity index is 402. The Hall–Kier alpha value is -1.29. The van der Waals surface area contributed by atoms with Crippen LogP contribution in [0.15, 0.2) is 30.3 Å². The summed E-state index contributed by atoms with van der Waals surface area (Å²) in [7, 11) is 3.59. The lowest BCUT2D eigenvalue weighted by Gasteiger charge is -2.40. The van der Waals surface area contributed by atoms with Gasteiger partial charge < -0.3 is 10.1 Å². The summed E-state index contributed by atoms with van der Waals surface area (Å²) in [5, 5.41) is 3.51. The van der Waals surface area contributed by atoms with Gasteiger partial charge in [-0.25, -0.2) is 0 Å². The minimum absolute atomic E-state index is 0.155. The fourth-order valence-electron chi connectivity index (χ4n) is 2.85. The van der Waals surface area contributed by atoms with E-state index in [0.29, 0.717) is 0 Å². The Morgan fingerprint density at radius 3 is 2.67 bits per heavy atom. The number of methoxy groups -OCH3 is 1. The molecule has 0 bridgehead atoms. The van der Waals surface area contributed by atoms with Crippen molar-refractivity contribution in [3.63, 3.8) is 0 Å². The second kappa shape index (κ2) is 5.57. The Kier molecular flexibility index (Phi) is 4.07. The SMILES string of the molecule is BC1(C(C(=O)OC)c2ccccc2)CCCCN1. The zero-order chi connectivity index (χ0) is 13.0. The topological polar surface area (TPSA) is 38.3 Å². The summed E-state index contributed by atoms with van der Waals surface area (Å²) in [6.07, 6.45) is 3.34. The van der Waals surface area contributed by atoms with E-state index in [-0.39, 0.29) is 17.3 Å². The Morgan fingerprint density at radius 1 is 1.39 bits per heavy atom. The van der Waals surface area contributed by atoms with Gasteiger partial charge in [0.1, 0.15) is 7.85 Å². The van der Waals surface area contributed by atoms with Gasteiger partial charge in [0.25, 0.3) is 0 Å². The van der Waals surface area contributed by atoms with Gasteiger partial charge in [0.05, 0.1) is 13.0 Å². The van der Waals surface area contributed by atoms with Crippen molar-refractivity contribution in [2.75, 3.05) is 13.7 Å². The van der Waals surface area contributed by atoms with Crippen LogP contribution in [0.4, 0.5) is 0 Å². The number of piperidine rings is 1.